The van der Waals surface area contributed by atoms with Crippen LogP contribution < -0.4 is 0 Å². The first-order valence-electron chi connectivity index (χ1n) is 8.79. The highest BCUT2D eigenvalue weighted by Crippen LogP contribution is 2.37. The Bertz CT molecular complexity index is 1450. The highest BCUT2D eigenvalue weighted by atomic mass is 14.8. The Morgan fingerprint density at radius 1 is 0.423 bits per heavy atom. The molecule has 0 amide bonds. The molecule has 6 aromatic rings. The SMILES string of the molecule is c1ccc2c(c1)ccc1c3ccccc3c3nc4ccccc4nc3c21. The number of rotatable bonds is 0. The summed E-state index contributed by atoms with van der Waals surface area (Å²) in [6.45, 7) is 0. The predicted molar refractivity (Wildman–Crippen MR) is 110 cm³/mol. The van der Waals surface area contributed by atoms with Crippen molar-refractivity contribution in [3.05, 3.63) is 84.9 Å². The summed E-state index contributed by atoms with van der Waals surface area (Å²) in [7, 11) is 0. The lowest BCUT2D eigenvalue weighted by Crippen LogP contribution is -1.92. The Kier molecular flexibility index (Phi) is 2.64. The quantitative estimate of drug-likeness (QED) is 0.243. The van der Waals surface area contributed by atoms with Crippen LogP contribution >= 0.6 is 0 Å². The zero-order chi connectivity index (χ0) is 17.1. The minimum Gasteiger partial charge on any atom is -0.244 e. The van der Waals surface area contributed by atoms with Crippen molar-refractivity contribution in [2.45, 2.75) is 0 Å². The monoisotopic (exact) mass is 330 g/mol. The maximum absolute atomic E-state index is 5.04. The zero-order valence-electron chi connectivity index (χ0n) is 14.0. The molecule has 0 atom stereocenters. The van der Waals surface area contributed by atoms with Crippen LogP contribution in [0.25, 0.3) is 54.4 Å². The van der Waals surface area contributed by atoms with Gasteiger partial charge in [0.15, 0.2) is 0 Å². The number of nitrogens with zero attached hydrogens (tertiary/aromatic N) is 2. The second-order valence-electron chi connectivity index (χ2n) is 6.66. The van der Waals surface area contributed by atoms with E-state index in [2.05, 4.69) is 60.7 Å². The molecular weight excluding hydrogens is 316 g/mol. The van der Waals surface area contributed by atoms with Crippen molar-refractivity contribution in [1.82, 2.24) is 9.97 Å². The molecule has 6 rings (SSSR count). The highest BCUT2D eigenvalue weighted by Gasteiger charge is 2.14. The van der Waals surface area contributed by atoms with Crippen LogP contribution in [0.4, 0.5) is 0 Å². The largest absolute Gasteiger partial charge is 0.244 e. The van der Waals surface area contributed by atoms with Crippen molar-refractivity contribution in [3.63, 3.8) is 0 Å². The van der Waals surface area contributed by atoms with Gasteiger partial charge in [-0.3, -0.25) is 0 Å². The molecule has 2 heteroatoms. The van der Waals surface area contributed by atoms with E-state index in [-0.39, 0.29) is 0 Å². The summed E-state index contributed by atoms with van der Waals surface area (Å²) in [5.41, 5.74) is 3.83. The normalized spacial score (nSPS) is 11.8. The molecule has 0 aliphatic rings. The fourth-order valence-corrected chi connectivity index (χ4v) is 4.04. The Labute approximate surface area is 149 Å². The zero-order valence-corrected chi connectivity index (χ0v) is 14.0. The van der Waals surface area contributed by atoms with Crippen molar-refractivity contribution < 1.29 is 0 Å². The molecule has 0 N–H and O–H groups in total. The molecule has 1 heterocycles. The third-order valence-electron chi connectivity index (χ3n) is 5.21. The maximum atomic E-state index is 5.04. The minimum absolute atomic E-state index is 0.935. The number of hydrogen-bond acceptors (Lipinski definition) is 2. The second-order valence-corrected chi connectivity index (χ2v) is 6.66. The molecule has 0 unspecified atom stereocenters. The van der Waals surface area contributed by atoms with Crippen LogP contribution in [0.5, 0.6) is 0 Å². The number of benzene rings is 5. The van der Waals surface area contributed by atoms with E-state index in [0.717, 1.165) is 27.5 Å². The molecular formula is C24H14N2. The van der Waals surface area contributed by atoms with Gasteiger partial charge in [-0.15, -0.1) is 0 Å². The average Bonchev–Trinajstić information content (AvgIpc) is 2.72. The Morgan fingerprint density at radius 2 is 1.04 bits per heavy atom. The Morgan fingerprint density at radius 3 is 1.85 bits per heavy atom. The molecule has 2 nitrogen and oxygen atoms in total. The molecule has 0 aliphatic heterocycles. The van der Waals surface area contributed by atoms with Crippen LogP contribution in [0, 0.1) is 0 Å². The number of aromatic nitrogens is 2. The van der Waals surface area contributed by atoms with Gasteiger partial charge in [-0.05, 0) is 33.7 Å². The summed E-state index contributed by atoms with van der Waals surface area (Å²) in [5, 5.41) is 7.26. The average molecular weight is 330 g/mol. The molecule has 26 heavy (non-hydrogen) atoms. The van der Waals surface area contributed by atoms with Gasteiger partial charge in [-0.1, -0.05) is 72.8 Å². The summed E-state index contributed by atoms with van der Waals surface area (Å²) in [6, 6.07) is 29.5. The lowest BCUT2D eigenvalue weighted by Gasteiger charge is -2.12. The fourth-order valence-electron chi connectivity index (χ4n) is 4.04. The van der Waals surface area contributed by atoms with E-state index in [4.69, 9.17) is 9.97 Å². The van der Waals surface area contributed by atoms with Crippen LogP contribution in [0.15, 0.2) is 84.9 Å². The van der Waals surface area contributed by atoms with E-state index in [1.807, 2.05) is 24.3 Å². The first kappa shape index (κ1) is 13.7. The lowest BCUT2D eigenvalue weighted by atomic mass is 9.95. The number of fused-ring (bicyclic) bond motifs is 9. The van der Waals surface area contributed by atoms with Gasteiger partial charge in [0, 0.05) is 10.8 Å². The van der Waals surface area contributed by atoms with Crippen molar-refractivity contribution in [3.8, 4) is 0 Å². The van der Waals surface area contributed by atoms with E-state index >= 15 is 0 Å². The van der Waals surface area contributed by atoms with Crippen LogP contribution in [-0.2, 0) is 0 Å². The molecule has 0 aliphatic carbocycles. The van der Waals surface area contributed by atoms with Crippen molar-refractivity contribution in [2.75, 3.05) is 0 Å². The van der Waals surface area contributed by atoms with Crippen molar-refractivity contribution in [1.29, 1.82) is 0 Å². The summed E-state index contributed by atoms with van der Waals surface area (Å²) in [4.78, 5) is 10.0. The standard InChI is InChI=1S/C24H14N2/c1-2-8-16-15(7-1)13-14-18-17-9-3-4-10-19(17)23-24(22(16)18)26-21-12-6-5-11-20(21)25-23/h1-14H. The fraction of sp³-hybridized carbons (Fsp3) is 0. The Balaban J connectivity index is 2.03. The summed E-state index contributed by atoms with van der Waals surface area (Å²) in [5.74, 6) is 0. The summed E-state index contributed by atoms with van der Waals surface area (Å²) >= 11 is 0. The number of para-hydroxylation sites is 2. The van der Waals surface area contributed by atoms with Crippen LogP contribution in [0.3, 0.4) is 0 Å². The van der Waals surface area contributed by atoms with Crippen LogP contribution in [-0.4, -0.2) is 9.97 Å². The molecule has 1 aromatic heterocycles. The molecule has 0 bridgehead atoms. The van der Waals surface area contributed by atoms with E-state index in [1.165, 1.54) is 26.9 Å². The first-order valence-corrected chi connectivity index (χ1v) is 8.79. The van der Waals surface area contributed by atoms with Gasteiger partial charge in [0.25, 0.3) is 0 Å². The topological polar surface area (TPSA) is 25.8 Å². The van der Waals surface area contributed by atoms with Gasteiger partial charge >= 0.3 is 0 Å². The third kappa shape index (κ3) is 1.76. The van der Waals surface area contributed by atoms with Crippen LogP contribution in [0.2, 0.25) is 0 Å². The smallest absolute Gasteiger partial charge is 0.0985 e. The molecule has 0 fully saturated rings. The van der Waals surface area contributed by atoms with E-state index in [0.29, 0.717) is 0 Å². The van der Waals surface area contributed by atoms with E-state index in [9.17, 15) is 0 Å². The van der Waals surface area contributed by atoms with E-state index < -0.39 is 0 Å². The molecule has 0 saturated heterocycles. The first-order chi connectivity index (χ1) is 12.9. The molecule has 0 saturated carbocycles. The number of hydrogen-bond donors (Lipinski definition) is 0. The van der Waals surface area contributed by atoms with Gasteiger partial charge in [0.1, 0.15) is 0 Å². The summed E-state index contributed by atoms with van der Waals surface area (Å²) in [6.07, 6.45) is 0. The summed E-state index contributed by atoms with van der Waals surface area (Å²) < 4.78 is 0. The minimum atomic E-state index is 0.935. The predicted octanol–water partition coefficient (Wildman–Crippen LogP) is 6.24. The van der Waals surface area contributed by atoms with Gasteiger partial charge in [0.05, 0.1) is 22.1 Å². The van der Waals surface area contributed by atoms with Gasteiger partial charge in [0.2, 0.25) is 0 Å². The maximum Gasteiger partial charge on any atom is 0.0985 e. The second kappa shape index (κ2) is 4.99. The van der Waals surface area contributed by atoms with E-state index in [1.54, 1.807) is 0 Å². The molecule has 120 valence electrons. The van der Waals surface area contributed by atoms with Crippen molar-refractivity contribution >= 4 is 54.4 Å². The third-order valence-corrected chi connectivity index (χ3v) is 5.21. The molecule has 0 radical (unpaired) electrons. The van der Waals surface area contributed by atoms with Crippen molar-refractivity contribution in [2.24, 2.45) is 0 Å². The van der Waals surface area contributed by atoms with Gasteiger partial charge in [-0.25, -0.2) is 9.97 Å². The van der Waals surface area contributed by atoms with Gasteiger partial charge in [-0.2, -0.15) is 0 Å². The van der Waals surface area contributed by atoms with Gasteiger partial charge < -0.3 is 0 Å². The highest BCUT2D eigenvalue weighted by molar-refractivity contribution is 6.30. The molecule has 5 aromatic carbocycles. The molecule has 0 spiro atoms. The van der Waals surface area contributed by atoms with Crippen LogP contribution in [0.1, 0.15) is 0 Å². The lowest BCUT2D eigenvalue weighted by molar-refractivity contribution is 1.42. The Hall–Kier alpha value is -3.52.